The predicted octanol–water partition coefficient (Wildman–Crippen LogP) is 5.14. The summed E-state index contributed by atoms with van der Waals surface area (Å²) in [7, 11) is 0. The molecule has 132 valence electrons. The largest absolute Gasteiger partial charge is 0.508 e. The van der Waals surface area contributed by atoms with E-state index in [1.807, 2.05) is 55.5 Å². The van der Waals surface area contributed by atoms with E-state index in [1.165, 1.54) is 5.56 Å². The summed E-state index contributed by atoms with van der Waals surface area (Å²) in [5.74, 6) is 6.57. The second-order valence-corrected chi connectivity index (χ2v) is 6.11. The Labute approximate surface area is 156 Å². The average molecular weight is 343 g/mol. The van der Waals surface area contributed by atoms with Crippen LogP contribution in [-0.4, -0.2) is 11.7 Å². The van der Waals surface area contributed by atoms with Crippen molar-refractivity contribution in [1.29, 1.82) is 0 Å². The van der Waals surface area contributed by atoms with E-state index in [0.717, 1.165) is 29.8 Å². The molecule has 0 fully saturated rings. The van der Waals surface area contributed by atoms with Crippen LogP contribution in [0.1, 0.15) is 30.5 Å². The first-order chi connectivity index (χ1) is 12.6. The summed E-state index contributed by atoms with van der Waals surface area (Å²) >= 11 is 0. The third kappa shape index (κ3) is 6.47. The van der Waals surface area contributed by atoms with Gasteiger partial charge in [-0.25, -0.2) is 0 Å². The zero-order chi connectivity index (χ0) is 18.8. The lowest BCUT2D eigenvalue weighted by Crippen LogP contribution is -2.15. The van der Waals surface area contributed by atoms with Crippen molar-refractivity contribution in [2.45, 2.75) is 20.4 Å². The van der Waals surface area contributed by atoms with Crippen LogP contribution in [-0.2, 0) is 6.54 Å². The van der Waals surface area contributed by atoms with E-state index < -0.39 is 0 Å². The lowest BCUT2D eigenvalue weighted by Gasteiger charge is -2.07. The predicted molar refractivity (Wildman–Crippen MR) is 110 cm³/mol. The quantitative estimate of drug-likeness (QED) is 0.432. The molecule has 0 radical (unpaired) electrons. The Balaban J connectivity index is 1.85. The van der Waals surface area contributed by atoms with Gasteiger partial charge >= 0.3 is 0 Å². The molecular formula is C24H25NO. The van der Waals surface area contributed by atoms with E-state index in [9.17, 15) is 5.11 Å². The van der Waals surface area contributed by atoms with E-state index in [1.54, 1.807) is 13.0 Å². The highest BCUT2D eigenvalue weighted by Gasteiger charge is 1.98. The Hall–Kier alpha value is -3.02. The maximum atomic E-state index is 9.61. The van der Waals surface area contributed by atoms with Gasteiger partial charge in [-0.15, -0.1) is 0 Å². The molecule has 2 aromatic rings. The number of rotatable bonds is 6. The molecule has 0 aliphatic carbocycles. The van der Waals surface area contributed by atoms with E-state index in [-0.39, 0.29) is 5.76 Å². The maximum absolute atomic E-state index is 9.61. The van der Waals surface area contributed by atoms with Gasteiger partial charge in [-0.1, -0.05) is 60.4 Å². The Morgan fingerprint density at radius 1 is 1.04 bits per heavy atom. The summed E-state index contributed by atoms with van der Waals surface area (Å²) in [4.78, 5) is 0. The van der Waals surface area contributed by atoms with Crippen LogP contribution in [0.25, 0.3) is 0 Å². The van der Waals surface area contributed by atoms with Crippen LogP contribution in [0.3, 0.4) is 0 Å². The van der Waals surface area contributed by atoms with Gasteiger partial charge in [0, 0.05) is 29.8 Å². The second kappa shape index (κ2) is 10.1. The number of aliphatic hydroxyl groups excluding tert-OH is 1. The molecule has 2 rings (SSSR count). The zero-order valence-corrected chi connectivity index (χ0v) is 15.4. The molecule has 0 spiro atoms. The SMILES string of the molecule is C=C(/C=C(\C)CNCc1ccc(C#Cc2ccccc2)cc1)/C(O)=C\C. The van der Waals surface area contributed by atoms with Gasteiger partial charge < -0.3 is 10.4 Å². The smallest absolute Gasteiger partial charge is 0.117 e. The van der Waals surface area contributed by atoms with Gasteiger partial charge in [0.2, 0.25) is 0 Å². The average Bonchev–Trinajstić information content (AvgIpc) is 2.67. The van der Waals surface area contributed by atoms with Crippen molar-refractivity contribution >= 4 is 0 Å². The summed E-state index contributed by atoms with van der Waals surface area (Å²) in [6, 6.07) is 18.2. The van der Waals surface area contributed by atoms with Crippen molar-refractivity contribution in [2.75, 3.05) is 6.54 Å². The molecule has 0 amide bonds. The standard InChI is InChI=1S/C24H25NO/c1-4-24(26)20(3)16-19(2)17-25-18-23-14-12-22(13-15-23)11-10-21-8-6-5-7-9-21/h4-9,12-16,25-26H,3,17-18H2,1-2H3/b19-16+,24-4+. The fourth-order valence-electron chi connectivity index (χ4n) is 2.38. The summed E-state index contributed by atoms with van der Waals surface area (Å²) in [6.45, 7) is 9.17. The third-order valence-electron chi connectivity index (χ3n) is 3.83. The summed E-state index contributed by atoms with van der Waals surface area (Å²) in [5, 5.41) is 13.0. The first-order valence-corrected chi connectivity index (χ1v) is 8.67. The Morgan fingerprint density at radius 2 is 1.65 bits per heavy atom. The Morgan fingerprint density at radius 3 is 2.27 bits per heavy atom. The van der Waals surface area contributed by atoms with E-state index in [0.29, 0.717) is 5.57 Å². The normalized spacial score (nSPS) is 11.6. The van der Waals surface area contributed by atoms with Crippen molar-refractivity contribution in [3.63, 3.8) is 0 Å². The van der Waals surface area contributed by atoms with Gasteiger partial charge in [0.15, 0.2) is 0 Å². The highest BCUT2D eigenvalue weighted by atomic mass is 16.3. The number of hydrogen-bond donors (Lipinski definition) is 2. The van der Waals surface area contributed by atoms with Crippen molar-refractivity contribution in [3.05, 3.63) is 107 Å². The molecule has 26 heavy (non-hydrogen) atoms. The van der Waals surface area contributed by atoms with Crippen LogP contribution in [0.4, 0.5) is 0 Å². The lowest BCUT2D eigenvalue weighted by atomic mass is 10.1. The van der Waals surface area contributed by atoms with Crippen LogP contribution in [0, 0.1) is 11.8 Å². The molecule has 2 heteroatoms. The van der Waals surface area contributed by atoms with Crippen LogP contribution >= 0.6 is 0 Å². The molecule has 0 saturated heterocycles. The molecule has 0 bridgehead atoms. The van der Waals surface area contributed by atoms with Gasteiger partial charge in [0.05, 0.1) is 0 Å². The summed E-state index contributed by atoms with van der Waals surface area (Å²) in [5.41, 5.74) is 4.98. The second-order valence-electron chi connectivity index (χ2n) is 6.11. The maximum Gasteiger partial charge on any atom is 0.117 e. The molecule has 0 atom stereocenters. The summed E-state index contributed by atoms with van der Waals surface area (Å²) in [6.07, 6.45) is 3.53. The third-order valence-corrected chi connectivity index (χ3v) is 3.83. The fourth-order valence-corrected chi connectivity index (χ4v) is 2.38. The van der Waals surface area contributed by atoms with E-state index >= 15 is 0 Å². The van der Waals surface area contributed by atoms with Gasteiger partial charge in [-0.05, 0) is 49.8 Å². The van der Waals surface area contributed by atoms with Crippen molar-refractivity contribution < 1.29 is 5.11 Å². The number of benzene rings is 2. The molecule has 2 nitrogen and oxygen atoms in total. The van der Waals surface area contributed by atoms with Gasteiger partial charge in [-0.3, -0.25) is 0 Å². The first-order valence-electron chi connectivity index (χ1n) is 8.67. The summed E-state index contributed by atoms with van der Waals surface area (Å²) < 4.78 is 0. The zero-order valence-electron chi connectivity index (χ0n) is 15.4. The highest BCUT2D eigenvalue weighted by Crippen LogP contribution is 2.08. The van der Waals surface area contributed by atoms with Crippen LogP contribution < -0.4 is 5.32 Å². The molecule has 2 N–H and O–H groups in total. The number of aliphatic hydroxyl groups is 1. The number of nitrogens with one attached hydrogen (secondary N) is 1. The number of allylic oxidation sites excluding steroid dienone is 2. The Kier molecular flexibility index (Phi) is 7.49. The molecule has 0 aromatic heterocycles. The van der Waals surface area contributed by atoms with Crippen LogP contribution in [0.5, 0.6) is 0 Å². The monoisotopic (exact) mass is 343 g/mol. The van der Waals surface area contributed by atoms with Crippen molar-refractivity contribution in [2.24, 2.45) is 0 Å². The molecule has 0 aliphatic heterocycles. The minimum absolute atomic E-state index is 0.219. The first kappa shape index (κ1) is 19.3. The topological polar surface area (TPSA) is 32.3 Å². The molecule has 0 aliphatic rings. The van der Waals surface area contributed by atoms with E-state index in [2.05, 4.69) is 35.9 Å². The lowest BCUT2D eigenvalue weighted by molar-refractivity contribution is 0.425. The molecule has 2 aromatic carbocycles. The molecule has 0 saturated carbocycles. The molecular weight excluding hydrogens is 318 g/mol. The van der Waals surface area contributed by atoms with Gasteiger partial charge in [0.1, 0.15) is 5.76 Å². The van der Waals surface area contributed by atoms with Crippen LogP contribution in [0.2, 0.25) is 0 Å². The van der Waals surface area contributed by atoms with Crippen molar-refractivity contribution in [3.8, 4) is 11.8 Å². The fraction of sp³-hybridized carbons (Fsp3) is 0.167. The van der Waals surface area contributed by atoms with E-state index in [4.69, 9.17) is 0 Å². The van der Waals surface area contributed by atoms with Crippen molar-refractivity contribution in [1.82, 2.24) is 5.32 Å². The van der Waals surface area contributed by atoms with Gasteiger partial charge in [-0.2, -0.15) is 0 Å². The Bertz CT molecular complexity index is 847. The minimum Gasteiger partial charge on any atom is -0.508 e. The van der Waals surface area contributed by atoms with Gasteiger partial charge in [0.25, 0.3) is 0 Å². The highest BCUT2D eigenvalue weighted by molar-refractivity contribution is 5.43. The number of hydrogen-bond acceptors (Lipinski definition) is 2. The molecule has 0 heterocycles. The minimum atomic E-state index is 0.219. The molecule has 0 unspecified atom stereocenters. The van der Waals surface area contributed by atoms with Crippen LogP contribution in [0.15, 0.2) is 90.2 Å².